The molecule has 0 aliphatic heterocycles. The number of carbonyl (C=O) groups is 1. The van der Waals surface area contributed by atoms with Gasteiger partial charge in [0.25, 0.3) is 5.91 Å². The van der Waals surface area contributed by atoms with E-state index in [1.165, 1.54) is 44.3 Å². The van der Waals surface area contributed by atoms with Crippen molar-refractivity contribution in [1.29, 1.82) is 0 Å². The Hall–Kier alpha value is -1.80. The molecule has 0 aliphatic rings. The first-order valence-corrected chi connectivity index (χ1v) is 10.5. The van der Waals surface area contributed by atoms with Gasteiger partial charge in [0.15, 0.2) is 0 Å². The second kappa shape index (κ2) is 8.69. The average molecular weight is 445 g/mol. The van der Waals surface area contributed by atoms with Crippen molar-refractivity contribution < 1.29 is 17.9 Å². The number of methoxy groups -OCH3 is 1. The third kappa shape index (κ3) is 4.43. The smallest absolute Gasteiger partial charge is 0.254 e. The molecule has 0 spiro atoms. The normalized spacial score (nSPS) is 12.7. The lowest BCUT2D eigenvalue weighted by Gasteiger charge is -2.26. The number of ether oxygens (including phenoxy) is 1. The van der Waals surface area contributed by atoms with Crippen LogP contribution in [-0.2, 0) is 10.0 Å². The number of amides is 1. The third-order valence-electron chi connectivity index (χ3n) is 4.48. The highest BCUT2D eigenvalue weighted by atomic mass is 35.5. The Kier molecular flexibility index (Phi) is 6.98. The summed E-state index contributed by atoms with van der Waals surface area (Å²) >= 11 is 12.2. The Balaban J connectivity index is 2.43. The fourth-order valence-electron chi connectivity index (χ4n) is 2.64. The molecule has 9 heteroatoms. The quantitative estimate of drug-likeness (QED) is 0.672. The van der Waals surface area contributed by atoms with Gasteiger partial charge in [-0.15, -0.1) is 0 Å². The molecule has 0 N–H and O–H groups in total. The molecule has 0 fully saturated rings. The molecule has 0 heterocycles. The molecular formula is C19H22Cl2N2O4S. The first-order chi connectivity index (χ1) is 13.0. The summed E-state index contributed by atoms with van der Waals surface area (Å²) in [5.74, 6) is -0.182. The molecule has 0 aromatic heterocycles. The molecule has 2 aromatic carbocycles. The maximum absolute atomic E-state index is 13.0. The molecule has 1 atom stereocenters. The Labute approximate surface area is 175 Å². The minimum atomic E-state index is -3.78. The highest BCUT2D eigenvalue weighted by Crippen LogP contribution is 2.31. The van der Waals surface area contributed by atoms with Gasteiger partial charge in [-0.25, -0.2) is 12.7 Å². The maximum Gasteiger partial charge on any atom is 0.254 e. The fraction of sp³-hybridized carbons (Fsp3) is 0.316. The summed E-state index contributed by atoms with van der Waals surface area (Å²) in [5, 5.41) is 0.953. The van der Waals surface area contributed by atoms with Crippen molar-refractivity contribution in [2.45, 2.75) is 17.9 Å². The zero-order valence-electron chi connectivity index (χ0n) is 16.2. The van der Waals surface area contributed by atoms with Crippen LogP contribution in [-0.4, -0.2) is 51.8 Å². The second-order valence-corrected chi connectivity index (χ2v) is 9.37. The molecule has 0 radical (unpaired) electrons. The third-order valence-corrected chi connectivity index (χ3v) is 6.88. The van der Waals surface area contributed by atoms with E-state index >= 15 is 0 Å². The summed E-state index contributed by atoms with van der Waals surface area (Å²) < 4.78 is 31.4. The summed E-state index contributed by atoms with van der Waals surface area (Å²) in [7, 11) is 2.05. The molecule has 0 aliphatic carbocycles. The largest absolute Gasteiger partial charge is 0.495 e. The molecule has 2 rings (SSSR count). The van der Waals surface area contributed by atoms with Crippen LogP contribution in [0.2, 0.25) is 10.0 Å². The first kappa shape index (κ1) is 22.5. The number of halogens is 2. The van der Waals surface area contributed by atoms with Gasteiger partial charge in [0.1, 0.15) is 10.6 Å². The van der Waals surface area contributed by atoms with Gasteiger partial charge in [-0.3, -0.25) is 4.79 Å². The predicted molar refractivity (Wildman–Crippen MR) is 111 cm³/mol. The molecule has 1 unspecified atom stereocenters. The number of rotatable bonds is 6. The zero-order chi connectivity index (χ0) is 21.2. The summed E-state index contributed by atoms with van der Waals surface area (Å²) in [5.41, 5.74) is 0.956. The van der Waals surface area contributed by atoms with E-state index in [2.05, 4.69) is 0 Å². The minimum absolute atomic E-state index is 0.0728. The fourth-order valence-corrected chi connectivity index (χ4v) is 4.28. The van der Waals surface area contributed by atoms with E-state index in [4.69, 9.17) is 27.9 Å². The van der Waals surface area contributed by atoms with Crippen LogP contribution in [0.1, 0.15) is 28.9 Å². The van der Waals surface area contributed by atoms with E-state index < -0.39 is 10.0 Å². The van der Waals surface area contributed by atoms with Crippen molar-refractivity contribution in [1.82, 2.24) is 9.21 Å². The lowest BCUT2D eigenvalue weighted by Crippen LogP contribution is -2.30. The van der Waals surface area contributed by atoms with Crippen molar-refractivity contribution in [3.8, 4) is 5.75 Å². The summed E-state index contributed by atoms with van der Waals surface area (Å²) in [4.78, 5) is 14.4. The standard InChI is InChI=1S/C19H22Cl2N2O4S/c1-12(15-8-7-14(20)11-16(15)21)23(4)19(24)13-6-9-17(27-5)18(10-13)28(25,26)22(2)3/h6-12H,1-5H3. The van der Waals surface area contributed by atoms with Crippen LogP contribution in [0, 0.1) is 0 Å². The number of hydrogen-bond acceptors (Lipinski definition) is 4. The van der Waals surface area contributed by atoms with Gasteiger partial charge in [0, 0.05) is 36.8 Å². The molecule has 28 heavy (non-hydrogen) atoms. The number of hydrogen-bond donors (Lipinski definition) is 0. The van der Waals surface area contributed by atoms with E-state index in [0.29, 0.717) is 10.0 Å². The van der Waals surface area contributed by atoms with Crippen molar-refractivity contribution in [2.75, 3.05) is 28.3 Å². The highest BCUT2D eigenvalue weighted by molar-refractivity contribution is 7.89. The van der Waals surface area contributed by atoms with E-state index in [1.807, 2.05) is 6.92 Å². The number of carbonyl (C=O) groups excluding carboxylic acids is 1. The zero-order valence-corrected chi connectivity index (χ0v) is 18.6. The van der Waals surface area contributed by atoms with Gasteiger partial charge < -0.3 is 9.64 Å². The topological polar surface area (TPSA) is 66.9 Å². The van der Waals surface area contributed by atoms with Crippen LogP contribution >= 0.6 is 23.2 Å². The molecule has 152 valence electrons. The Bertz CT molecular complexity index is 993. The Morgan fingerprint density at radius 1 is 1.07 bits per heavy atom. The van der Waals surface area contributed by atoms with E-state index in [1.54, 1.807) is 25.2 Å². The Morgan fingerprint density at radius 3 is 2.25 bits per heavy atom. The predicted octanol–water partition coefficient (Wildman–Crippen LogP) is 4.09. The van der Waals surface area contributed by atoms with Crippen LogP contribution in [0.3, 0.4) is 0 Å². The summed E-state index contributed by atoms with van der Waals surface area (Å²) in [6.07, 6.45) is 0. The summed E-state index contributed by atoms with van der Waals surface area (Å²) in [6, 6.07) is 9.04. The minimum Gasteiger partial charge on any atom is -0.495 e. The monoisotopic (exact) mass is 444 g/mol. The van der Waals surface area contributed by atoms with E-state index in [-0.39, 0.29) is 28.2 Å². The van der Waals surface area contributed by atoms with E-state index in [9.17, 15) is 13.2 Å². The van der Waals surface area contributed by atoms with Gasteiger partial charge in [-0.2, -0.15) is 0 Å². The van der Waals surface area contributed by atoms with Crippen LogP contribution in [0.15, 0.2) is 41.3 Å². The molecule has 0 saturated carbocycles. The molecule has 6 nitrogen and oxygen atoms in total. The van der Waals surface area contributed by atoms with Gasteiger partial charge >= 0.3 is 0 Å². The highest BCUT2D eigenvalue weighted by Gasteiger charge is 2.26. The lowest BCUT2D eigenvalue weighted by molar-refractivity contribution is 0.0742. The van der Waals surface area contributed by atoms with Gasteiger partial charge in [-0.05, 0) is 42.8 Å². The van der Waals surface area contributed by atoms with Crippen molar-refractivity contribution in [3.05, 3.63) is 57.6 Å². The first-order valence-electron chi connectivity index (χ1n) is 8.33. The average Bonchev–Trinajstić information content (AvgIpc) is 2.65. The van der Waals surface area contributed by atoms with Crippen LogP contribution < -0.4 is 4.74 Å². The van der Waals surface area contributed by atoms with Gasteiger partial charge in [-0.1, -0.05) is 29.3 Å². The van der Waals surface area contributed by atoms with Crippen LogP contribution in [0.5, 0.6) is 5.75 Å². The Morgan fingerprint density at radius 2 is 1.71 bits per heavy atom. The molecular weight excluding hydrogens is 423 g/mol. The van der Waals surface area contributed by atoms with Crippen LogP contribution in [0.4, 0.5) is 0 Å². The maximum atomic E-state index is 13.0. The molecule has 0 bridgehead atoms. The number of benzene rings is 2. The van der Waals surface area contributed by atoms with Crippen molar-refractivity contribution in [3.63, 3.8) is 0 Å². The van der Waals surface area contributed by atoms with Gasteiger partial charge in [0.05, 0.1) is 13.2 Å². The van der Waals surface area contributed by atoms with Gasteiger partial charge in [0.2, 0.25) is 10.0 Å². The SMILES string of the molecule is COc1ccc(C(=O)N(C)C(C)c2ccc(Cl)cc2Cl)cc1S(=O)(=O)N(C)C. The van der Waals surface area contributed by atoms with Crippen LogP contribution in [0.25, 0.3) is 0 Å². The number of sulfonamides is 1. The molecule has 0 saturated heterocycles. The molecule has 1 amide bonds. The summed E-state index contributed by atoms with van der Waals surface area (Å²) in [6.45, 7) is 1.83. The number of nitrogens with zero attached hydrogens (tertiary/aromatic N) is 2. The van der Waals surface area contributed by atoms with Crippen molar-refractivity contribution in [2.24, 2.45) is 0 Å². The lowest BCUT2D eigenvalue weighted by atomic mass is 10.1. The second-order valence-electron chi connectivity index (χ2n) is 6.41. The molecule has 2 aromatic rings. The van der Waals surface area contributed by atoms with Crippen molar-refractivity contribution >= 4 is 39.1 Å². The van der Waals surface area contributed by atoms with E-state index in [0.717, 1.165) is 9.87 Å².